The molecule has 0 radical (unpaired) electrons. The Kier molecular flexibility index (Phi) is 6.83. The van der Waals surface area contributed by atoms with Crippen molar-refractivity contribution in [1.29, 1.82) is 0 Å². The normalized spacial score (nSPS) is 18.7. The van der Waals surface area contributed by atoms with Crippen molar-refractivity contribution >= 4 is 11.8 Å². The highest BCUT2D eigenvalue weighted by Gasteiger charge is 2.30. The maximum Gasteiger partial charge on any atom is 0.237 e. The van der Waals surface area contributed by atoms with Gasteiger partial charge in [0.25, 0.3) is 0 Å². The van der Waals surface area contributed by atoms with Gasteiger partial charge < -0.3 is 9.80 Å². The molecule has 2 aliphatic heterocycles. The van der Waals surface area contributed by atoms with Gasteiger partial charge in [-0.3, -0.25) is 14.5 Å². The van der Waals surface area contributed by atoms with Crippen LogP contribution in [0.5, 0.6) is 0 Å². The first-order valence-corrected chi connectivity index (χ1v) is 10.1. The maximum absolute atomic E-state index is 13.4. The van der Waals surface area contributed by atoms with Crippen molar-refractivity contribution in [3.05, 3.63) is 35.6 Å². The molecule has 0 spiro atoms. The number of hydrogen-bond acceptors (Lipinski definition) is 3. The summed E-state index contributed by atoms with van der Waals surface area (Å²) >= 11 is 0. The number of halogens is 1. The van der Waals surface area contributed by atoms with Crippen LogP contribution in [0.1, 0.15) is 38.2 Å². The summed E-state index contributed by atoms with van der Waals surface area (Å²) in [6.45, 7) is 6.72. The molecule has 0 atom stereocenters. The predicted octanol–water partition coefficient (Wildman–Crippen LogP) is 2.51. The van der Waals surface area contributed by atoms with Crippen LogP contribution in [0.2, 0.25) is 0 Å². The summed E-state index contributed by atoms with van der Waals surface area (Å²) in [5.74, 6) is 0.204. The number of rotatable bonds is 6. The Morgan fingerprint density at radius 2 is 1.85 bits per heavy atom. The molecule has 0 N–H and O–H groups in total. The van der Waals surface area contributed by atoms with Crippen LogP contribution >= 0.6 is 0 Å². The molecule has 0 aliphatic carbocycles. The number of carbonyl (C=O) groups is 2. The van der Waals surface area contributed by atoms with E-state index in [2.05, 4.69) is 4.90 Å². The Bertz CT molecular complexity index is 653. The molecule has 3 rings (SSSR count). The van der Waals surface area contributed by atoms with E-state index in [1.165, 1.54) is 12.1 Å². The van der Waals surface area contributed by atoms with Gasteiger partial charge in [0.15, 0.2) is 0 Å². The lowest BCUT2D eigenvalue weighted by molar-refractivity contribution is -0.136. The van der Waals surface area contributed by atoms with E-state index in [0.29, 0.717) is 25.5 Å². The summed E-state index contributed by atoms with van der Waals surface area (Å²) in [5.41, 5.74) is 0.806. The van der Waals surface area contributed by atoms with E-state index in [-0.39, 0.29) is 17.6 Å². The topological polar surface area (TPSA) is 43.9 Å². The second-order valence-corrected chi connectivity index (χ2v) is 7.62. The zero-order chi connectivity index (χ0) is 19.2. The van der Waals surface area contributed by atoms with Crippen molar-refractivity contribution < 1.29 is 14.0 Å². The minimum atomic E-state index is -0.277. The first-order chi connectivity index (χ1) is 13.1. The van der Waals surface area contributed by atoms with Crippen molar-refractivity contribution in [3.63, 3.8) is 0 Å². The Hall–Kier alpha value is -1.95. The number of nitrogens with zero attached hydrogens (tertiary/aromatic N) is 3. The average Bonchev–Trinajstić information content (AvgIpc) is 3.21. The summed E-state index contributed by atoms with van der Waals surface area (Å²) < 4.78 is 13.4. The number of likely N-dealkylation sites (tertiary alicyclic amines) is 2. The molecule has 0 aromatic heterocycles. The van der Waals surface area contributed by atoms with Crippen LogP contribution in [0.4, 0.5) is 4.39 Å². The van der Waals surface area contributed by atoms with Crippen LogP contribution in [0, 0.1) is 11.7 Å². The van der Waals surface area contributed by atoms with Crippen LogP contribution in [-0.4, -0.2) is 65.8 Å². The SMILES string of the molecule is CCN(Cc1cccc(F)c1)C(=O)CN1CCC(C(=O)N2CCCC2)CC1. The van der Waals surface area contributed by atoms with Crippen LogP contribution < -0.4 is 0 Å². The Balaban J connectivity index is 1.47. The standard InChI is InChI=1S/C21H30FN3O2/c1-2-24(15-17-6-5-7-19(22)14-17)20(26)16-23-12-8-18(9-13-23)21(27)25-10-3-4-11-25/h5-7,14,18H,2-4,8-13,15-16H2,1H3. The Morgan fingerprint density at radius 1 is 1.15 bits per heavy atom. The second kappa shape index (κ2) is 9.31. The molecule has 0 bridgehead atoms. The molecular formula is C21H30FN3O2. The fourth-order valence-electron chi connectivity index (χ4n) is 4.06. The van der Waals surface area contributed by atoms with Crippen LogP contribution in [0.3, 0.4) is 0 Å². The van der Waals surface area contributed by atoms with Gasteiger partial charge in [-0.1, -0.05) is 12.1 Å². The van der Waals surface area contributed by atoms with Crippen LogP contribution in [0.25, 0.3) is 0 Å². The zero-order valence-corrected chi connectivity index (χ0v) is 16.2. The third-order valence-corrected chi connectivity index (χ3v) is 5.71. The highest BCUT2D eigenvalue weighted by atomic mass is 19.1. The van der Waals surface area contributed by atoms with Gasteiger partial charge >= 0.3 is 0 Å². The molecule has 1 aromatic carbocycles. The molecule has 27 heavy (non-hydrogen) atoms. The van der Waals surface area contributed by atoms with Crippen molar-refractivity contribution in [1.82, 2.24) is 14.7 Å². The number of carbonyl (C=O) groups excluding carboxylic acids is 2. The average molecular weight is 375 g/mol. The highest BCUT2D eigenvalue weighted by molar-refractivity contribution is 5.80. The fraction of sp³-hybridized carbons (Fsp3) is 0.619. The number of benzene rings is 1. The molecular weight excluding hydrogens is 345 g/mol. The van der Waals surface area contributed by atoms with Gasteiger partial charge in [-0.2, -0.15) is 0 Å². The number of likely N-dealkylation sites (N-methyl/N-ethyl adjacent to an activating group) is 1. The van der Waals surface area contributed by atoms with Gasteiger partial charge in [-0.05, 0) is 63.4 Å². The minimum absolute atomic E-state index is 0.0612. The number of amides is 2. The third kappa shape index (κ3) is 5.28. The minimum Gasteiger partial charge on any atom is -0.342 e. The molecule has 1 aromatic rings. The lowest BCUT2D eigenvalue weighted by Gasteiger charge is -2.34. The van der Waals surface area contributed by atoms with Crippen molar-refractivity contribution in [2.24, 2.45) is 5.92 Å². The summed E-state index contributed by atoms with van der Waals surface area (Å²) in [5, 5.41) is 0. The fourth-order valence-corrected chi connectivity index (χ4v) is 4.06. The summed E-state index contributed by atoms with van der Waals surface area (Å²) in [4.78, 5) is 31.1. The van der Waals surface area contributed by atoms with E-state index < -0.39 is 0 Å². The number of piperidine rings is 1. The quantitative estimate of drug-likeness (QED) is 0.767. The van der Waals surface area contributed by atoms with Crippen molar-refractivity contribution in [3.8, 4) is 0 Å². The molecule has 2 fully saturated rings. The summed E-state index contributed by atoms with van der Waals surface area (Å²) in [6.07, 6.45) is 3.91. The van der Waals surface area contributed by atoms with Gasteiger partial charge in [-0.25, -0.2) is 4.39 Å². The van der Waals surface area contributed by atoms with E-state index in [9.17, 15) is 14.0 Å². The first-order valence-electron chi connectivity index (χ1n) is 10.1. The lowest BCUT2D eigenvalue weighted by atomic mass is 9.95. The zero-order valence-electron chi connectivity index (χ0n) is 16.2. The maximum atomic E-state index is 13.4. The molecule has 0 unspecified atom stereocenters. The lowest BCUT2D eigenvalue weighted by Crippen LogP contribution is -2.45. The van der Waals surface area contributed by atoms with Crippen LogP contribution in [-0.2, 0) is 16.1 Å². The van der Waals surface area contributed by atoms with E-state index in [1.807, 2.05) is 17.9 Å². The number of hydrogen-bond donors (Lipinski definition) is 0. The van der Waals surface area contributed by atoms with Gasteiger partial charge in [-0.15, -0.1) is 0 Å². The van der Waals surface area contributed by atoms with Gasteiger partial charge in [0, 0.05) is 32.1 Å². The summed E-state index contributed by atoms with van der Waals surface area (Å²) in [6, 6.07) is 6.40. The molecule has 6 heteroatoms. The van der Waals surface area contributed by atoms with Gasteiger partial charge in [0.05, 0.1) is 6.54 Å². The van der Waals surface area contributed by atoms with Gasteiger partial charge in [0.1, 0.15) is 5.82 Å². The Morgan fingerprint density at radius 3 is 2.48 bits per heavy atom. The Labute approximate surface area is 161 Å². The molecule has 2 aliphatic rings. The molecule has 2 saturated heterocycles. The smallest absolute Gasteiger partial charge is 0.237 e. The molecule has 2 amide bonds. The van der Waals surface area contributed by atoms with Gasteiger partial charge in [0.2, 0.25) is 11.8 Å². The van der Waals surface area contributed by atoms with E-state index >= 15 is 0 Å². The monoisotopic (exact) mass is 375 g/mol. The van der Waals surface area contributed by atoms with Crippen molar-refractivity contribution in [2.75, 3.05) is 39.3 Å². The second-order valence-electron chi connectivity index (χ2n) is 7.62. The van der Waals surface area contributed by atoms with E-state index in [4.69, 9.17) is 0 Å². The third-order valence-electron chi connectivity index (χ3n) is 5.71. The molecule has 0 saturated carbocycles. The van der Waals surface area contributed by atoms with Crippen LogP contribution in [0.15, 0.2) is 24.3 Å². The largest absolute Gasteiger partial charge is 0.342 e. The highest BCUT2D eigenvalue weighted by Crippen LogP contribution is 2.22. The van der Waals surface area contributed by atoms with Crippen molar-refractivity contribution in [2.45, 2.75) is 39.2 Å². The molecule has 2 heterocycles. The molecule has 5 nitrogen and oxygen atoms in total. The van der Waals surface area contributed by atoms with E-state index in [1.54, 1.807) is 11.0 Å². The first kappa shape index (κ1) is 19.8. The molecule has 148 valence electrons. The van der Waals surface area contributed by atoms with E-state index in [0.717, 1.165) is 57.4 Å². The summed E-state index contributed by atoms with van der Waals surface area (Å²) in [7, 11) is 0. The predicted molar refractivity (Wildman–Crippen MR) is 102 cm³/mol.